The highest BCUT2D eigenvalue weighted by atomic mass is 32.2. The molecular formula is C20H25N3O5S. The average molecular weight is 420 g/mol. The first-order valence-electron chi connectivity index (χ1n) is 9.25. The van der Waals surface area contributed by atoms with Crippen molar-refractivity contribution >= 4 is 21.6 Å². The van der Waals surface area contributed by atoms with E-state index in [1.165, 1.54) is 26.2 Å². The number of hydrogen-bond acceptors (Lipinski definition) is 6. The molecule has 29 heavy (non-hydrogen) atoms. The molecule has 0 saturated carbocycles. The van der Waals surface area contributed by atoms with Crippen molar-refractivity contribution in [3.63, 3.8) is 0 Å². The van der Waals surface area contributed by atoms with Gasteiger partial charge in [-0.15, -0.1) is 0 Å². The molecule has 9 heteroatoms. The molecule has 0 aliphatic carbocycles. The molecule has 1 amide bonds. The van der Waals surface area contributed by atoms with Crippen molar-refractivity contribution < 1.29 is 22.8 Å². The topological polar surface area (TPSA) is 88.2 Å². The zero-order chi connectivity index (χ0) is 20.9. The minimum atomic E-state index is -3.67. The molecule has 156 valence electrons. The average Bonchev–Trinajstić information content (AvgIpc) is 2.74. The number of hydroxylamine groups is 1. The van der Waals surface area contributed by atoms with Gasteiger partial charge in [0.15, 0.2) is 0 Å². The van der Waals surface area contributed by atoms with Crippen LogP contribution in [-0.2, 0) is 26.2 Å². The summed E-state index contributed by atoms with van der Waals surface area (Å²) in [4.78, 5) is 20.2. The lowest BCUT2D eigenvalue weighted by Gasteiger charge is -2.30. The second kappa shape index (κ2) is 9.36. The third-order valence-electron chi connectivity index (χ3n) is 4.59. The van der Waals surface area contributed by atoms with E-state index >= 15 is 0 Å². The summed E-state index contributed by atoms with van der Waals surface area (Å²) in [5.74, 6) is -0.502. The summed E-state index contributed by atoms with van der Waals surface area (Å²) in [6, 6.07) is 14.0. The minimum absolute atomic E-state index is 0.0488. The number of sulfonamides is 1. The van der Waals surface area contributed by atoms with Gasteiger partial charge in [0.05, 0.1) is 30.3 Å². The van der Waals surface area contributed by atoms with Crippen molar-refractivity contribution in [1.82, 2.24) is 9.79 Å². The van der Waals surface area contributed by atoms with E-state index in [1.807, 2.05) is 35.2 Å². The number of carbonyl (C=O) groups excluding carboxylic acids is 1. The predicted octanol–water partition coefficient (Wildman–Crippen LogP) is 1.64. The summed E-state index contributed by atoms with van der Waals surface area (Å²) in [5, 5.41) is 0. The van der Waals surface area contributed by atoms with Crippen LogP contribution in [0.5, 0.6) is 0 Å². The Morgan fingerprint density at radius 1 is 1.14 bits per heavy atom. The molecule has 8 nitrogen and oxygen atoms in total. The number of nitrogens with zero attached hydrogens (tertiary/aromatic N) is 2. The van der Waals surface area contributed by atoms with Crippen molar-refractivity contribution in [2.45, 2.75) is 11.5 Å². The van der Waals surface area contributed by atoms with Gasteiger partial charge in [0.25, 0.3) is 5.91 Å². The largest absolute Gasteiger partial charge is 0.378 e. The van der Waals surface area contributed by atoms with E-state index in [0.717, 1.165) is 9.87 Å². The first kappa shape index (κ1) is 21.3. The Morgan fingerprint density at radius 2 is 1.83 bits per heavy atom. The number of ether oxygens (including phenoxy) is 1. The van der Waals surface area contributed by atoms with Crippen molar-refractivity contribution in [3.8, 4) is 0 Å². The highest BCUT2D eigenvalue weighted by molar-refractivity contribution is 7.89. The van der Waals surface area contributed by atoms with E-state index in [-0.39, 0.29) is 17.1 Å². The normalized spacial score (nSPS) is 14.8. The molecular weight excluding hydrogens is 394 g/mol. The van der Waals surface area contributed by atoms with Crippen LogP contribution in [0.3, 0.4) is 0 Å². The Labute approximate surface area is 171 Å². The Hall–Kier alpha value is -2.46. The maximum atomic E-state index is 12.8. The highest BCUT2D eigenvalue weighted by Crippen LogP contribution is 2.26. The van der Waals surface area contributed by atoms with Crippen LogP contribution in [0.25, 0.3) is 0 Å². The third kappa shape index (κ3) is 5.13. The molecule has 0 unspecified atom stereocenters. The lowest BCUT2D eigenvalue weighted by Crippen LogP contribution is -2.38. The lowest BCUT2D eigenvalue weighted by molar-refractivity contribution is 0.0233. The first-order valence-corrected chi connectivity index (χ1v) is 10.7. The van der Waals surface area contributed by atoms with Crippen molar-refractivity contribution in [3.05, 3.63) is 59.7 Å². The minimum Gasteiger partial charge on any atom is -0.378 e. The highest BCUT2D eigenvalue weighted by Gasteiger charge is 2.24. The fourth-order valence-corrected chi connectivity index (χ4v) is 3.89. The van der Waals surface area contributed by atoms with Crippen LogP contribution in [0.1, 0.15) is 15.9 Å². The van der Waals surface area contributed by atoms with Crippen LogP contribution in [-0.4, -0.2) is 59.0 Å². The SMILES string of the molecule is CN(C)S(=O)(=O)c1ccc(N2CCOCC2)c(C(=O)NOCc2ccccc2)c1. The van der Waals surface area contributed by atoms with Crippen molar-refractivity contribution in [2.75, 3.05) is 45.3 Å². The standard InChI is InChI=1S/C20H25N3O5S/c1-22(2)29(25,26)17-8-9-19(23-10-12-27-13-11-23)18(14-17)20(24)21-28-15-16-6-4-3-5-7-16/h3-9,14H,10-13,15H2,1-2H3,(H,21,24). The molecule has 0 aromatic heterocycles. The van der Waals surface area contributed by atoms with Crippen LogP contribution < -0.4 is 10.4 Å². The molecule has 1 N–H and O–H groups in total. The number of amides is 1. The predicted molar refractivity (Wildman–Crippen MR) is 109 cm³/mol. The van der Waals surface area contributed by atoms with E-state index in [2.05, 4.69) is 5.48 Å². The Balaban J connectivity index is 1.84. The number of carbonyl (C=O) groups is 1. The van der Waals surface area contributed by atoms with Crippen LogP contribution in [0, 0.1) is 0 Å². The molecule has 2 aromatic carbocycles. The van der Waals surface area contributed by atoms with Gasteiger partial charge < -0.3 is 9.64 Å². The summed E-state index contributed by atoms with van der Waals surface area (Å²) in [5.41, 5.74) is 4.22. The quantitative estimate of drug-likeness (QED) is 0.687. The third-order valence-corrected chi connectivity index (χ3v) is 6.40. The van der Waals surface area contributed by atoms with Crippen molar-refractivity contribution in [1.29, 1.82) is 0 Å². The maximum Gasteiger partial charge on any atom is 0.276 e. The van der Waals surface area contributed by atoms with Gasteiger partial charge in [0.2, 0.25) is 10.0 Å². The molecule has 1 fully saturated rings. The van der Waals surface area contributed by atoms with Crippen LogP contribution >= 0.6 is 0 Å². The molecule has 0 radical (unpaired) electrons. The summed E-state index contributed by atoms with van der Waals surface area (Å²) >= 11 is 0. The smallest absolute Gasteiger partial charge is 0.276 e. The number of hydrogen-bond donors (Lipinski definition) is 1. The van der Waals surface area contributed by atoms with Gasteiger partial charge in [-0.05, 0) is 23.8 Å². The lowest BCUT2D eigenvalue weighted by atomic mass is 10.1. The molecule has 1 aliphatic heterocycles. The summed E-state index contributed by atoms with van der Waals surface area (Å²) < 4.78 is 31.5. The molecule has 2 aromatic rings. The van der Waals surface area contributed by atoms with Crippen LogP contribution in [0.15, 0.2) is 53.4 Å². The monoisotopic (exact) mass is 419 g/mol. The van der Waals surface area contributed by atoms with Crippen molar-refractivity contribution in [2.24, 2.45) is 0 Å². The molecule has 3 rings (SSSR count). The van der Waals surface area contributed by atoms with Gasteiger partial charge in [0.1, 0.15) is 0 Å². The van der Waals surface area contributed by atoms with E-state index in [1.54, 1.807) is 6.07 Å². The summed E-state index contributed by atoms with van der Waals surface area (Å²) in [6.45, 7) is 2.53. The zero-order valence-corrected chi connectivity index (χ0v) is 17.3. The van der Waals surface area contributed by atoms with Gasteiger partial charge in [-0.1, -0.05) is 30.3 Å². The molecule has 1 saturated heterocycles. The van der Waals surface area contributed by atoms with Crippen LogP contribution in [0.4, 0.5) is 5.69 Å². The summed E-state index contributed by atoms with van der Waals surface area (Å²) in [6.07, 6.45) is 0. The van der Waals surface area contributed by atoms with Crippen LogP contribution in [0.2, 0.25) is 0 Å². The fourth-order valence-electron chi connectivity index (χ4n) is 2.96. The van der Waals surface area contributed by atoms with Gasteiger partial charge in [0, 0.05) is 32.9 Å². The van der Waals surface area contributed by atoms with E-state index in [0.29, 0.717) is 32.0 Å². The number of morpholine rings is 1. The second-order valence-corrected chi connectivity index (χ2v) is 8.92. The van der Waals surface area contributed by atoms with Gasteiger partial charge in [-0.3, -0.25) is 9.63 Å². The van der Waals surface area contributed by atoms with E-state index < -0.39 is 15.9 Å². The molecule has 0 atom stereocenters. The Kier molecular flexibility index (Phi) is 6.86. The second-order valence-electron chi connectivity index (χ2n) is 6.77. The number of anilines is 1. The Morgan fingerprint density at radius 3 is 2.48 bits per heavy atom. The van der Waals surface area contributed by atoms with Gasteiger partial charge in [-0.25, -0.2) is 18.2 Å². The number of benzene rings is 2. The molecule has 0 bridgehead atoms. The summed E-state index contributed by atoms with van der Waals surface area (Å²) in [7, 11) is -0.770. The van der Waals surface area contributed by atoms with Gasteiger partial charge >= 0.3 is 0 Å². The number of nitrogens with one attached hydrogen (secondary N) is 1. The first-order chi connectivity index (χ1) is 13.9. The molecule has 1 heterocycles. The zero-order valence-electron chi connectivity index (χ0n) is 16.5. The molecule has 1 aliphatic rings. The van der Waals surface area contributed by atoms with E-state index in [9.17, 15) is 13.2 Å². The molecule has 0 spiro atoms. The number of rotatable bonds is 7. The maximum absolute atomic E-state index is 12.8. The van der Waals surface area contributed by atoms with Gasteiger partial charge in [-0.2, -0.15) is 0 Å². The fraction of sp³-hybridized carbons (Fsp3) is 0.350. The van der Waals surface area contributed by atoms with E-state index in [4.69, 9.17) is 9.57 Å². The Bertz CT molecular complexity index is 942.